The van der Waals surface area contributed by atoms with E-state index in [0.717, 1.165) is 45.2 Å². The van der Waals surface area contributed by atoms with Crippen molar-refractivity contribution in [2.75, 3.05) is 13.1 Å². The summed E-state index contributed by atoms with van der Waals surface area (Å²) in [7, 11) is 0. The number of rotatable bonds is 19. The lowest BCUT2D eigenvalue weighted by molar-refractivity contribution is -0.135. The van der Waals surface area contributed by atoms with Crippen LogP contribution in [0.15, 0.2) is 0 Å². The van der Waals surface area contributed by atoms with Crippen molar-refractivity contribution in [2.45, 2.75) is 130 Å². The normalized spacial score (nSPS) is 12.0. The average molecular weight is 397 g/mol. The van der Waals surface area contributed by atoms with E-state index in [1.54, 1.807) is 0 Å². The Morgan fingerprint density at radius 3 is 1.93 bits per heavy atom. The topological polar surface area (TPSA) is 49.4 Å². The molecule has 1 N–H and O–H groups in total. The summed E-state index contributed by atoms with van der Waals surface area (Å²) in [6, 6.07) is 0.280. The fourth-order valence-electron chi connectivity index (χ4n) is 3.51. The number of nitrogens with one attached hydrogen (secondary N) is 1. The van der Waals surface area contributed by atoms with Gasteiger partial charge in [0.25, 0.3) is 0 Å². The number of carbonyl (C=O) groups is 2. The zero-order valence-corrected chi connectivity index (χ0v) is 19.4. The molecular formula is C24H48N2O2. The Morgan fingerprint density at radius 1 is 0.750 bits per heavy atom. The van der Waals surface area contributed by atoms with Gasteiger partial charge in [-0.15, -0.1) is 0 Å². The Labute approximate surface area is 175 Å². The largest absolute Gasteiger partial charge is 0.356 e. The average Bonchev–Trinajstić information content (AvgIpc) is 2.68. The molecule has 4 nitrogen and oxygen atoms in total. The number of nitrogens with zero attached hydrogens (tertiary/aromatic N) is 1. The van der Waals surface area contributed by atoms with Crippen LogP contribution in [-0.4, -0.2) is 35.8 Å². The van der Waals surface area contributed by atoms with Crippen molar-refractivity contribution >= 4 is 11.8 Å². The first kappa shape index (κ1) is 26.9. The molecule has 0 saturated heterocycles. The monoisotopic (exact) mass is 396 g/mol. The van der Waals surface area contributed by atoms with Gasteiger partial charge in [-0.2, -0.15) is 0 Å². The molecular weight excluding hydrogens is 348 g/mol. The van der Waals surface area contributed by atoms with Crippen molar-refractivity contribution in [1.29, 1.82) is 0 Å². The summed E-state index contributed by atoms with van der Waals surface area (Å²) in [5.74, 6) is 0.152. The highest BCUT2D eigenvalue weighted by atomic mass is 16.2. The second-order valence-corrected chi connectivity index (χ2v) is 8.26. The van der Waals surface area contributed by atoms with Crippen LogP contribution in [0.1, 0.15) is 124 Å². The second kappa shape index (κ2) is 19.3. The minimum Gasteiger partial charge on any atom is -0.356 e. The number of carbonyl (C=O) groups excluding carboxylic acids is 2. The molecule has 0 aromatic heterocycles. The van der Waals surface area contributed by atoms with Crippen LogP contribution in [0.2, 0.25) is 0 Å². The minimum atomic E-state index is 0.00738. The third kappa shape index (κ3) is 14.9. The molecule has 0 aliphatic rings. The van der Waals surface area contributed by atoms with Crippen LogP contribution in [0, 0.1) is 0 Å². The molecule has 0 heterocycles. The Bertz CT molecular complexity index is 385. The molecule has 28 heavy (non-hydrogen) atoms. The molecule has 0 fully saturated rings. The third-order valence-electron chi connectivity index (χ3n) is 5.50. The van der Waals surface area contributed by atoms with Crippen LogP contribution in [0.25, 0.3) is 0 Å². The summed E-state index contributed by atoms with van der Waals surface area (Å²) in [4.78, 5) is 26.6. The van der Waals surface area contributed by atoms with Gasteiger partial charge >= 0.3 is 0 Å². The quantitative estimate of drug-likeness (QED) is 0.263. The molecule has 0 aliphatic heterocycles. The fraction of sp³-hybridized carbons (Fsp3) is 0.917. The van der Waals surface area contributed by atoms with E-state index in [1.165, 1.54) is 51.4 Å². The minimum absolute atomic E-state index is 0.00738. The van der Waals surface area contributed by atoms with Gasteiger partial charge in [0.2, 0.25) is 11.8 Å². The molecule has 0 aromatic carbocycles. The smallest absolute Gasteiger partial charge is 0.223 e. The third-order valence-corrected chi connectivity index (χ3v) is 5.50. The predicted octanol–water partition coefficient (Wildman–Crippen LogP) is 6.23. The summed E-state index contributed by atoms with van der Waals surface area (Å²) in [5.41, 5.74) is 0. The van der Waals surface area contributed by atoms with Gasteiger partial charge in [0.15, 0.2) is 0 Å². The summed E-state index contributed by atoms with van der Waals surface area (Å²) in [6.07, 6.45) is 16.5. The van der Waals surface area contributed by atoms with E-state index in [2.05, 4.69) is 33.0 Å². The van der Waals surface area contributed by atoms with Crippen LogP contribution in [0.5, 0.6) is 0 Å². The van der Waals surface area contributed by atoms with E-state index in [9.17, 15) is 9.59 Å². The SMILES string of the molecule is CCCCCCCCCCC(C)N(CCCC)C(=O)CCC(=O)NCCCC. The van der Waals surface area contributed by atoms with Gasteiger partial charge in [-0.05, 0) is 26.2 Å². The summed E-state index contributed by atoms with van der Waals surface area (Å²) < 4.78 is 0. The van der Waals surface area contributed by atoms with Gasteiger partial charge in [-0.3, -0.25) is 9.59 Å². The number of unbranched alkanes of at least 4 members (excludes halogenated alkanes) is 9. The molecule has 4 heteroatoms. The van der Waals surface area contributed by atoms with Gasteiger partial charge in [0.1, 0.15) is 0 Å². The van der Waals surface area contributed by atoms with Crippen molar-refractivity contribution in [2.24, 2.45) is 0 Å². The standard InChI is InChI=1S/C24H48N2O2/c1-5-8-11-12-13-14-15-16-17-22(4)26(21-10-7-3)24(28)19-18-23(27)25-20-9-6-2/h22H,5-21H2,1-4H3,(H,25,27). The lowest BCUT2D eigenvalue weighted by Crippen LogP contribution is -2.40. The van der Waals surface area contributed by atoms with E-state index in [4.69, 9.17) is 0 Å². The lowest BCUT2D eigenvalue weighted by Gasteiger charge is -2.29. The highest BCUT2D eigenvalue weighted by Gasteiger charge is 2.20. The first-order chi connectivity index (χ1) is 13.6. The van der Waals surface area contributed by atoms with Crippen LogP contribution in [0.4, 0.5) is 0 Å². The first-order valence-corrected chi connectivity index (χ1v) is 12.1. The predicted molar refractivity (Wildman–Crippen MR) is 120 cm³/mol. The molecule has 0 saturated carbocycles. The van der Waals surface area contributed by atoms with Gasteiger partial charge in [0, 0.05) is 32.0 Å². The van der Waals surface area contributed by atoms with Crippen molar-refractivity contribution in [3.63, 3.8) is 0 Å². The summed E-state index contributed by atoms with van der Waals surface area (Å²) in [5, 5.41) is 2.91. The van der Waals surface area contributed by atoms with Crippen LogP contribution in [-0.2, 0) is 9.59 Å². The maximum Gasteiger partial charge on any atom is 0.223 e. The zero-order chi connectivity index (χ0) is 21.0. The molecule has 2 amide bonds. The van der Waals surface area contributed by atoms with Gasteiger partial charge < -0.3 is 10.2 Å². The maximum absolute atomic E-state index is 12.7. The van der Waals surface area contributed by atoms with Crippen molar-refractivity contribution in [1.82, 2.24) is 10.2 Å². The summed E-state index contributed by atoms with van der Waals surface area (Å²) in [6.45, 7) is 10.2. The molecule has 166 valence electrons. The Kier molecular flexibility index (Phi) is 18.5. The lowest BCUT2D eigenvalue weighted by atomic mass is 10.0. The molecule has 0 bridgehead atoms. The van der Waals surface area contributed by atoms with Crippen LogP contribution < -0.4 is 5.32 Å². The molecule has 0 aromatic rings. The van der Waals surface area contributed by atoms with Crippen molar-refractivity contribution in [3.05, 3.63) is 0 Å². The van der Waals surface area contributed by atoms with E-state index < -0.39 is 0 Å². The van der Waals surface area contributed by atoms with Gasteiger partial charge in [0.05, 0.1) is 0 Å². The number of hydrogen-bond donors (Lipinski definition) is 1. The van der Waals surface area contributed by atoms with Gasteiger partial charge in [-0.1, -0.05) is 85.0 Å². The maximum atomic E-state index is 12.7. The first-order valence-electron chi connectivity index (χ1n) is 12.1. The Hall–Kier alpha value is -1.06. The summed E-state index contributed by atoms with van der Waals surface area (Å²) >= 11 is 0. The number of hydrogen-bond acceptors (Lipinski definition) is 2. The second-order valence-electron chi connectivity index (χ2n) is 8.26. The molecule has 1 unspecified atom stereocenters. The van der Waals surface area contributed by atoms with E-state index >= 15 is 0 Å². The van der Waals surface area contributed by atoms with Gasteiger partial charge in [-0.25, -0.2) is 0 Å². The van der Waals surface area contributed by atoms with Crippen molar-refractivity contribution < 1.29 is 9.59 Å². The zero-order valence-electron chi connectivity index (χ0n) is 19.4. The van der Waals surface area contributed by atoms with E-state index in [0.29, 0.717) is 12.8 Å². The van der Waals surface area contributed by atoms with E-state index in [1.807, 2.05) is 4.90 Å². The van der Waals surface area contributed by atoms with E-state index in [-0.39, 0.29) is 17.9 Å². The molecule has 0 rings (SSSR count). The van der Waals surface area contributed by atoms with Crippen LogP contribution in [0.3, 0.4) is 0 Å². The molecule has 0 spiro atoms. The Balaban J connectivity index is 4.16. The highest BCUT2D eigenvalue weighted by Crippen LogP contribution is 2.15. The van der Waals surface area contributed by atoms with Crippen molar-refractivity contribution in [3.8, 4) is 0 Å². The molecule has 0 radical (unpaired) electrons. The number of amides is 2. The fourth-order valence-corrected chi connectivity index (χ4v) is 3.51. The molecule has 0 aliphatic carbocycles. The Morgan fingerprint density at radius 2 is 1.32 bits per heavy atom. The highest BCUT2D eigenvalue weighted by molar-refractivity contribution is 5.83. The molecule has 1 atom stereocenters. The van der Waals surface area contributed by atoms with Crippen LogP contribution >= 0.6 is 0 Å².